The van der Waals surface area contributed by atoms with Gasteiger partial charge in [0.25, 0.3) is 0 Å². The summed E-state index contributed by atoms with van der Waals surface area (Å²) in [6.07, 6.45) is 4.86. The lowest BCUT2D eigenvalue weighted by Gasteiger charge is -1.92. The molecule has 0 heterocycles. The molecule has 0 aromatic carbocycles. The fourth-order valence-electron chi connectivity index (χ4n) is 0.465. The van der Waals surface area contributed by atoms with Crippen molar-refractivity contribution in [1.82, 2.24) is 0 Å². The van der Waals surface area contributed by atoms with Crippen LogP contribution in [0.15, 0.2) is 16.4 Å². The van der Waals surface area contributed by atoms with E-state index in [1.165, 1.54) is 5.41 Å². The van der Waals surface area contributed by atoms with Gasteiger partial charge in [0.05, 0.1) is 6.21 Å². The second-order valence-electron chi connectivity index (χ2n) is 1.87. The van der Waals surface area contributed by atoms with Gasteiger partial charge in [-0.05, 0) is 19.4 Å². The van der Waals surface area contributed by atoms with E-state index in [9.17, 15) is 4.55 Å². The summed E-state index contributed by atoms with van der Waals surface area (Å²) in [4.78, 5) is 0. The second kappa shape index (κ2) is 6.83. The van der Waals surface area contributed by atoms with Gasteiger partial charge in [0.2, 0.25) is 0 Å². The molecule has 1 atom stereocenters. The molecule has 0 radical (unpaired) electrons. The molecule has 1 unspecified atom stereocenters. The zero-order chi connectivity index (χ0) is 7.82. The molecular formula is C7H13NOS. The maximum atomic E-state index is 10.6. The third-order valence-corrected chi connectivity index (χ3v) is 1.65. The quantitative estimate of drug-likeness (QED) is 0.343. The fourth-order valence-corrected chi connectivity index (χ4v) is 0.803. The lowest BCUT2D eigenvalue weighted by Crippen LogP contribution is -1.88. The molecule has 58 valence electrons. The monoisotopic (exact) mass is 159 g/mol. The van der Waals surface area contributed by atoms with E-state index in [1.807, 2.05) is 0 Å². The van der Waals surface area contributed by atoms with Crippen molar-refractivity contribution in [2.24, 2.45) is 4.40 Å². The average molecular weight is 159 g/mol. The number of hydrogen-bond donors (Lipinski definition) is 0. The Kier molecular flexibility index (Phi) is 6.64. The van der Waals surface area contributed by atoms with Gasteiger partial charge in [0.15, 0.2) is 0 Å². The van der Waals surface area contributed by atoms with Crippen molar-refractivity contribution >= 4 is 17.6 Å². The van der Waals surface area contributed by atoms with E-state index in [2.05, 4.69) is 17.9 Å². The topological polar surface area (TPSA) is 35.4 Å². The van der Waals surface area contributed by atoms with Gasteiger partial charge >= 0.3 is 0 Å². The molecule has 0 saturated heterocycles. The molecule has 0 bridgehead atoms. The van der Waals surface area contributed by atoms with Gasteiger partial charge < -0.3 is 4.55 Å². The first-order chi connectivity index (χ1) is 4.81. The average Bonchev–Trinajstić information content (AvgIpc) is 1.98. The highest BCUT2D eigenvalue weighted by Crippen LogP contribution is 1.94. The SMILES string of the molecule is C=C[S+]([O-])N=CCCCC. The molecular weight excluding hydrogens is 146 g/mol. The van der Waals surface area contributed by atoms with E-state index >= 15 is 0 Å². The van der Waals surface area contributed by atoms with Crippen LogP contribution in [0, 0.1) is 0 Å². The van der Waals surface area contributed by atoms with E-state index in [4.69, 9.17) is 0 Å². The van der Waals surface area contributed by atoms with Crippen molar-refractivity contribution in [3.05, 3.63) is 12.0 Å². The molecule has 0 N–H and O–H groups in total. The van der Waals surface area contributed by atoms with E-state index in [0.717, 1.165) is 19.3 Å². The van der Waals surface area contributed by atoms with Crippen LogP contribution in [0.3, 0.4) is 0 Å². The van der Waals surface area contributed by atoms with E-state index in [1.54, 1.807) is 6.21 Å². The molecule has 2 nitrogen and oxygen atoms in total. The van der Waals surface area contributed by atoms with E-state index < -0.39 is 11.4 Å². The molecule has 10 heavy (non-hydrogen) atoms. The summed E-state index contributed by atoms with van der Waals surface area (Å²) in [6, 6.07) is 0. The van der Waals surface area contributed by atoms with Gasteiger partial charge in [0, 0.05) is 0 Å². The molecule has 0 aromatic heterocycles. The molecule has 0 amide bonds. The first-order valence-corrected chi connectivity index (χ1v) is 4.54. The first kappa shape index (κ1) is 9.72. The molecule has 0 rings (SSSR count). The summed E-state index contributed by atoms with van der Waals surface area (Å²) < 4.78 is 14.3. The maximum Gasteiger partial charge on any atom is 0.139 e. The van der Waals surface area contributed by atoms with Crippen LogP contribution in [0.2, 0.25) is 0 Å². The van der Waals surface area contributed by atoms with Crippen molar-refractivity contribution in [2.75, 3.05) is 0 Å². The molecule has 0 aliphatic rings. The van der Waals surface area contributed by atoms with Crippen LogP contribution < -0.4 is 0 Å². The zero-order valence-electron chi connectivity index (χ0n) is 6.25. The van der Waals surface area contributed by atoms with Crippen molar-refractivity contribution in [2.45, 2.75) is 26.2 Å². The highest BCUT2D eigenvalue weighted by molar-refractivity contribution is 7.93. The predicted molar refractivity (Wildman–Crippen MR) is 46.4 cm³/mol. The van der Waals surface area contributed by atoms with Crippen LogP contribution in [0.4, 0.5) is 0 Å². The predicted octanol–water partition coefficient (Wildman–Crippen LogP) is 2.05. The van der Waals surface area contributed by atoms with Gasteiger partial charge in [-0.2, -0.15) is 0 Å². The van der Waals surface area contributed by atoms with Crippen LogP contribution in [0.25, 0.3) is 0 Å². The number of unbranched alkanes of at least 4 members (excludes halogenated alkanes) is 2. The highest BCUT2D eigenvalue weighted by atomic mass is 32.2. The van der Waals surface area contributed by atoms with Crippen molar-refractivity contribution in [3.8, 4) is 0 Å². The van der Waals surface area contributed by atoms with Crippen LogP contribution in [0.1, 0.15) is 26.2 Å². The van der Waals surface area contributed by atoms with Crippen molar-refractivity contribution in [1.29, 1.82) is 0 Å². The van der Waals surface area contributed by atoms with Crippen LogP contribution >= 0.6 is 0 Å². The second-order valence-corrected chi connectivity index (χ2v) is 2.97. The normalized spacial score (nSPS) is 13.8. The number of rotatable bonds is 5. The Morgan fingerprint density at radius 3 is 2.90 bits per heavy atom. The Morgan fingerprint density at radius 2 is 2.40 bits per heavy atom. The van der Waals surface area contributed by atoms with Gasteiger partial charge in [0.1, 0.15) is 16.8 Å². The molecule has 0 saturated carbocycles. The first-order valence-electron chi connectivity index (χ1n) is 3.37. The maximum absolute atomic E-state index is 10.6. The lowest BCUT2D eigenvalue weighted by molar-refractivity contribution is 0.605. The third kappa shape index (κ3) is 5.85. The van der Waals surface area contributed by atoms with E-state index in [-0.39, 0.29) is 0 Å². The van der Waals surface area contributed by atoms with Crippen LogP contribution in [-0.2, 0) is 11.4 Å². The Hall–Kier alpha value is -0.280. The summed E-state index contributed by atoms with van der Waals surface area (Å²) in [5.41, 5.74) is 0. The van der Waals surface area contributed by atoms with E-state index in [0.29, 0.717) is 0 Å². The third-order valence-electron chi connectivity index (χ3n) is 1.01. The van der Waals surface area contributed by atoms with Gasteiger partial charge in [-0.25, -0.2) is 0 Å². The Labute approximate surface area is 65.4 Å². The van der Waals surface area contributed by atoms with Crippen LogP contribution in [-0.4, -0.2) is 10.8 Å². The molecule has 0 spiro atoms. The molecule has 0 aromatic rings. The Bertz CT molecular complexity index is 114. The molecule has 3 heteroatoms. The largest absolute Gasteiger partial charge is 0.587 e. The summed E-state index contributed by atoms with van der Waals surface area (Å²) in [5, 5.41) is 1.32. The molecule has 0 fully saturated rings. The highest BCUT2D eigenvalue weighted by Gasteiger charge is 1.90. The molecule has 0 aliphatic carbocycles. The van der Waals surface area contributed by atoms with Crippen molar-refractivity contribution < 1.29 is 4.55 Å². The number of hydrogen-bond acceptors (Lipinski definition) is 2. The molecule has 0 aliphatic heterocycles. The summed E-state index contributed by atoms with van der Waals surface area (Å²) >= 11 is -1.20. The van der Waals surface area contributed by atoms with Crippen molar-refractivity contribution in [3.63, 3.8) is 0 Å². The summed E-state index contributed by atoms with van der Waals surface area (Å²) in [6.45, 7) is 5.46. The Balaban J connectivity index is 3.26. The minimum Gasteiger partial charge on any atom is -0.587 e. The summed E-state index contributed by atoms with van der Waals surface area (Å²) in [7, 11) is 0. The van der Waals surface area contributed by atoms with Gasteiger partial charge in [-0.15, -0.1) is 0 Å². The Morgan fingerprint density at radius 1 is 1.70 bits per heavy atom. The smallest absolute Gasteiger partial charge is 0.139 e. The van der Waals surface area contributed by atoms with Crippen LogP contribution in [0.5, 0.6) is 0 Å². The lowest BCUT2D eigenvalue weighted by atomic mass is 10.3. The summed E-state index contributed by atoms with van der Waals surface area (Å²) in [5.74, 6) is 0. The number of nitrogens with zero attached hydrogens (tertiary/aromatic N) is 1. The van der Waals surface area contributed by atoms with Gasteiger partial charge in [-0.1, -0.05) is 17.7 Å². The fraction of sp³-hybridized carbons (Fsp3) is 0.571. The minimum absolute atomic E-state index is 0.913. The standard InChI is InChI=1S/C7H13NOS/c1-3-5-6-7-8-10(9)4-2/h4,7H,2-3,5-6H2,1H3. The zero-order valence-corrected chi connectivity index (χ0v) is 7.06. The van der Waals surface area contributed by atoms with Gasteiger partial charge in [-0.3, -0.25) is 0 Å². The minimum atomic E-state index is -1.20.